The number of amides is 1. The van der Waals surface area contributed by atoms with E-state index in [1.54, 1.807) is 23.1 Å². The summed E-state index contributed by atoms with van der Waals surface area (Å²) in [6.45, 7) is 3.96. The van der Waals surface area contributed by atoms with Crippen LogP contribution in [0.25, 0.3) is 0 Å². The number of ketones is 1. The summed E-state index contributed by atoms with van der Waals surface area (Å²) in [5.74, 6) is 1.32. The van der Waals surface area contributed by atoms with Gasteiger partial charge < -0.3 is 19.1 Å². The topological polar surface area (TPSA) is 68.3 Å². The quantitative estimate of drug-likeness (QED) is 0.724. The van der Waals surface area contributed by atoms with Crippen molar-refractivity contribution in [1.29, 1.82) is 0 Å². The fourth-order valence-electron chi connectivity index (χ4n) is 3.41. The summed E-state index contributed by atoms with van der Waals surface area (Å²) in [4.78, 5) is 28.6. The third-order valence-electron chi connectivity index (χ3n) is 5.07. The van der Waals surface area contributed by atoms with E-state index in [9.17, 15) is 9.59 Å². The van der Waals surface area contributed by atoms with Gasteiger partial charge in [0.25, 0.3) is 0 Å². The first-order chi connectivity index (χ1) is 14.2. The monoisotopic (exact) mass is 396 g/mol. The zero-order chi connectivity index (χ0) is 20.1. The molecule has 2 heterocycles. The fraction of sp³-hybridized carbons (Fsp3) is 0.364. The van der Waals surface area contributed by atoms with Gasteiger partial charge in [-0.2, -0.15) is 0 Å². The van der Waals surface area contributed by atoms with E-state index in [4.69, 9.17) is 14.2 Å². The number of fused-ring (bicyclic) bond motifs is 1. The average molecular weight is 396 g/mol. The van der Waals surface area contributed by atoms with Crippen molar-refractivity contribution in [3.05, 3.63) is 59.7 Å². The molecule has 0 bridgehead atoms. The third-order valence-corrected chi connectivity index (χ3v) is 5.07. The molecule has 29 heavy (non-hydrogen) atoms. The first-order valence-corrected chi connectivity index (χ1v) is 9.80. The van der Waals surface area contributed by atoms with E-state index in [1.807, 2.05) is 30.3 Å². The van der Waals surface area contributed by atoms with Crippen LogP contribution in [-0.4, -0.2) is 67.6 Å². The highest BCUT2D eigenvalue weighted by Gasteiger charge is 2.24. The predicted octanol–water partition coefficient (Wildman–Crippen LogP) is 2.59. The summed E-state index contributed by atoms with van der Waals surface area (Å²) < 4.78 is 16.4. The predicted molar refractivity (Wildman–Crippen MR) is 106 cm³/mol. The molecule has 7 heteroatoms. The molecule has 0 radical (unpaired) electrons. The molecule has 2 aromatic rings. The summed E-state index contributed by atoms with van der Waals surface area (Å²) in [7, 11) is 0. The van der Waals surface area contributed by atoms with Gasteiger partial charge in [-0.05, 0) is 23.8 Å². The number of carbonyl (C=O) groups is 2. The molecule has 4 rings (SSSR count). The molecule has 1 fully saturated rings. The summed E-state index contributed by atoms with van der Waals surface area (Å²) in [6.07, 6.45) is -0.313. The molecule has 0 atom stereocenters. The minimum atomic E-state index is -0.313. The molecule has 2 aromatic carbocycles. The van der Waals surface area contributed by atoms with Crippen molar-refractivity contribution in [3.63, 3.8) is 0 Å². The number of carbonyl (C=O) groups excluding carboxylic acids is 2. The first-order valence-electron chi connectivity index (χ1n) is 9.80. The van der Waals surface area contributed by atoms with Crippen LogP contribution in [0.15, 0.2) is 48.5 Å². The molecule has 0 saturated carbocycles. The third kappa shape index (κ3) is 4.86. The molecule has 1 saturated heterocycles. The summed E-state index contributed by atoms with van der Waals surface area (Å²) in [5.41, 5.74) is 1.57. The van der Waals surface area contributed by atoms with Crippen molar-refractivity contribution in [2.75, 3.05) is 45.9 Å². The zero-order valence-corrected chi connectivity index (χ0v) is 16.2. The van der Waals surface area contributed by atoms with Crippen LogP contribution >= 0.6 is 0 Å². The van der Waals surface area contributed by atoms with Crippen LogP contribution in [0.3, 0.4) is 0 Å². The summed E-state index contributed by atoms with van der Waals surface area (Å²) in [5, 5.41) is 0. The molecule has 0 aromatic heterocycles. The van der Waals surface area contributed by atoms with E-state index in [2.05, 4.69) is 4.90 Å². The number of piperazine rings is 1. The maximum absolute atomic E-state index is 12.6. The highest BCUT2D eigenvalue weighted by Crippen LogP contribution is 2.30. The number of hydrogen-bond acceptors (Lipinski definition) is 6. The zero-order valence-electron chi connectivity index (χ0n) is 16.2. The van der Waals surface area contributed by atoms with E-state index in [0.29, 0.717) is 63.0 Å². The lowest BCUT2D eigenvalue weighted by Gasteiger charge is -2.33. The lowest BCUT2D eigenvalue weighted by Crippen LogP contribution is -2.50. The van der Waals surface area contributed by atoms with Gasteiger partial charge in [-0.3, -0.25) is 9.69 Å². The largest absolute Gasteiger partial charge is 0.486 e. The van der Waals surface area contributed by atoms with Crippen molar-refractivity contribution >= 4 is 11.9 Å². The second-order valence-electron chi connectivity index (χ2n) is 7.08. The van der Waals surface area contributed by atoms with Crippen LogP contribution < -0.4 is 9.47 Å². The van der Waals surface area contributed by atoms with Gasteiger partial charge in [0.1, 0.15) is 19.8 Å². The number of benzene rings is 2. The lowest BCUT2D eigenvalue weighted by molar-refractivity contribution is 0.0678. The minimum Gasteiger partial charge on any atom is -0.486 e. The van der Waals surface area contributed by atoms with Crippen LogP contribution in [0.5, 0.6) is 11.5 Å². The van der Waals surface area contributed by atoms with Crippen LogP contribution in [0.2, 0.25) is 0 Å². The van der Waals surface area contributed by atoms with Gasteiger partial charge in [-0.25, -0.2) is 4.79 Å². The van der Waals surface area contributed by atoms with Gasteiger partial charge in [-0.1, -0.05) is 30.3 Å². The second kappa shape index (κ2) is 8.96. The second-order valence-corrected chi connectivity index (χ2v) is 7.08. The highest BCUT2D eigenvalue weighted by atomic mass is 16.6. The minimum absolute atomic E-state index is 0.0297. The van der Waals surface area contributed by atoms with Crippen LogP contribution in [-0.2, 0) is 11.3 Å². The molecule has 2 aliphatic heterocycles. The van der Waals surface area contributed by atoms with Crippen LogP contribution in [0.4, 0.5) is 4.79 Å². The van der Waals surface area contributed by atoms with Gasteiger partial charge in [0.2, 0.25) is 0 Å². The average Bonchev–Trinajstić information content (AvgIpc) is 2.78. The smallest absolute Gasteiger partial charge is 0.410 e. The highest BCUT2D eigenvalue weighted by molar-refractivity contribution is 5.98. The Bertz CT molecular complexity index is 863. The molecule has 2 aliphatic rings. The molecule has 1 amide bonds. The molecule has 0 unspecified atom stereocenters. The molecule has 0 N–H and O–H groups in total. The molecular formula is C22H24N2O5. The molecule has 0 aliphatic carbocycles. The van der Waals surface area contributed by atoms with Gasteiger partial charge >= 0.3 is 6.09 Å². The molecule has 152 valence electrons. The van der Waals surface area contributed by atoms with E-state index >= 15 is 0 Å². The number of ether oxygens (including phenoxy) is 3. The van der Waals surface area contributed by atoms with Gasteiger partial charge in [-0.15, -0.1) is 0 Å². The Labute approximate surface area is 169 Å². The van der Waals surface area contributed by atoms with Crippen molar-refractivity contribution < 1.29 is 23.8 Å². The Morgan fingerprint density at radius 1 is 0.897 bits per heavy atom. The Morgan fingerprint density at radius 3 is 2.38 bits per heavy atom. The number of Topliss-reactive ketones (excluding diaryl/α,β-unsaturated/α-hetero) is 1. The van der Waals surface area contributed by atoms with Crippen molar-refractivity contribution in [3.8, 4) is 11.5 Å². The Hall–Kier alpha value is -3.06. The molecular weight excluding hydrogens is 372 g/mol. The number of hydrogen-bond donors (Lipinski definition) is 0. The normalized spacial score (nSPS) is 16.3. The molecule has 7 nitrogen and oxygen atoms in total. The SMILES string of the molecule is O=C(CN1CCN(C(=O)OCc2ccccc2)CC1)c1ccc2c(c1)OCCO2. The Morgan fingerprint density at radius 2 is 1.62 bits per heavy atom. The van der Waals surface area contributed by atoms with E-state index in [-0.39, 0.29) is 18.5 Å². The van der Waals surface area contributed by atoms with Crippen molar-refractivity contribution in [1.82, 2.24) is 9.80 Å². The number of rotatable bonds is 5. The summed E-state index contributed by atoms with van der Waals surface area (Å²) in [6, 6.07) is 14.9. The van der Waals surface area contributed by atoms with Crippen molar-refractivity contribution in [2.24, 2.45) is 0 Å². The molecule has 0 spiro atoms. The van der Waals surface area contributed by atoms with Gasteiger partial charge in [0.15, 0.2) is 17.3 Å². The maximum Gasteiger partial charge on any atom is 0.410 e. The lowest BCUT2D eigenvalue weighted by atomic mass is 10.1. The summed E-state index contributed by atoms with van der Waals surface area (Å²) >= 11 is 0. The van der Waals surface area contributed by atoms with Gasteiger partial charge in [0, 0.05) is 31.7 Å². The van der Waals surface area contributed by atoms with Gasteiger partial charge in [0.05, 0.1) is 6.54 Å². The van der Waals surface area contributed by atoms with Crippen LogP contribution in [0.1, 0.15) is 15.9 Å². The van der Waals surface area contributed by atoms with Crippen molar-refractivity contribution in [2.45, 2.75) is 6.61 Å². The first kappa shape index (κ1) is 19.3. The fourth-order valence-corrected chi connectivity index (χ4v) is 3.41. The standard InChI is InChI=1S/C22H24N2O5/c25-19(18-6-7-20-21(14-18)28-13-12-27-20)15-23-8-10-24(11-9-23)22(26)29-16-17-4-2-1-3-5-17/h1-7,14H,8-13,15-16H2. The Balaban J connectivity index is 1.24. The van der Waals surface area contributed by atoms with E-state index in [0.717, 1.165) is 5.56 Å². The maximum atomic E-state index is 12.6. The van der Waals surface area contributed by atoms with E-state index in [1.165, 1.54) is 0 Å². The van der Waals surface area contributed by atoms with E-state index < -0.39 is 0 Å². The van der Waals surface area contributed by atoms with Crippen LogP contribution in [0, 0.1) is 0 Å². The number of nitrogens with zero attached hydrogens (tertiary/aromatic N) is 2. The Kier molecular flexibility index (Phi) is 5.95.